The minimum atomic E-state index is -4.49. The Bertz CT molecular complexity index is 3910. The first-order chi connectivity index (χ1) is 44.4. The van der Waals surface area contributed by atoms with Crippen LogP contribution in [0.4, 0.5) is 38.2 Å². The number of aliphatic carboxylic acids is 2. The van der Waals surface area contributed by atoms with Crippen molar-refractivity contribution in [2.24, 2.45) is 0 Å². The summed E-state index contributed by atoms with van der Waals surface area (Å²) in [5.41, 5.74) is 15.8. The van der Waals surface area contributed by atoms with E-state index in [1.165, 1.54) is 48.0 Å². The lowest BCUT2D eigenvalue weighted by Crippen LogP contribution is -2.25. The number of carboxylic acid groups (broad SMARTS) is 2. The molecule has 500 valence electrons. The van der Waals surface area contributed by atoms with Crippen LogP contribution < -0.4 is 24.0 Å². The van der Waals surface area contributed by atoms with Gasteiger partial charge in [0.1, 0.15) is 5.75 Å². The number of benzene rings is 6. The molecule has 0 amide bonds. The van der Waals surface area contributed by atoms with Gasteiger partial charge in [-0.25, -0.2) is 19.9 Å². The van der Waals surface area contributed by atoms with Crippen LogP contribution in [0.2, 0.25) is 0 Å². The SMILES string of the molecule is CCC(C)c1ccc(C)c(-c2cc(C)c(C)cc2CN(Cc2cc(C)cc(C(F)(F)F)c2)c2ncc(OCCCC(=O)O)cn2)c1.CCOc1cc(C)c(C(C)C)cc1-c1cc(C)c(C)cc1CN(Cc1cc(C)cc(C(F)(F)F)c1)c1ncc(OCCCC(=O)O)cn1. The fourth-order valence-corrected chi connectivity index (χ4v) is 11.2. The molecule has 0 saturated heterocycles. The van der Waals surface area contributed by atoms with Crippen LogP contribution in [0, 0.1) is 55.4 Å². The second-order valence-electron chi connectivity index (χ2n) is 24.6. The molecule has 0 saturated carbocycles. The van der Waals surface area contributed by atoms with E-state index in [2.05, 4.69) is 137 Å². The van der Waals surface area contributed by atoms with Crippen LogP contribution in [0.25, 0.3) is 22.3 Å². The predicted molar refractivity (Wildman–Crippen MR) is 357 cm³/mol. The topological polar surface area (TPSA) is 160 Å². The van der Waals surface area contributed by atoms with Gasteiger partial charge < -0.3 is 34.2 Å². The van der Waals surface area contributed by atoms with Crippen molar-refractivity contribution in [2.45, 2.75) is 172 Å². The maximum atomic E-state index is 13.8. The Morgan fingerprint density at radius 3 is 1.33 bits per heavy atom. The normalized spacial score (nSPS) is 11.9. The smallest absolute Gasteiger partial charge is 0.416 e. The monoisotopic (exact) mass is 1300 g/mol. The molecule has 2 heterocycles. The molecule has 6 aromatic carbocycles. The van der Waals surface area contributed by atoms with Crippen LogP contribution in [0.3, 0.4) is 0 Å². The van der Waals surface area contributed by atoms with Crippen molar-refractivity contribution < 1.29 is 60.4 Å². The van der Waals surface area contributed by atoms with Crippen molar-refractivity contribution in [3.05, 3.63) is 205 Å². The molecule has 0 aliphatic carbocycles. The number of aryl methyl sites for hydroxylation is 8. The molecule has 8 rings (SSSR count). The molecule has 13 nitrogen and oxygen atoms in total. The minimum Gasteiger partial charge on any atom is -0.493 e. The van der Waals surface area contributed by atoms with E-state index in [1.54, 1.807) is 26.0 Å². The van der Waals surface area contributed by atoms with Crippen molar-refractivity contribution in [1.82, 2.24) is 19.9 Å². The number of nitrogens with zero attached hydrogens (tertiary/aromatic N) is 6. The van der Waals surface area contributed by atoms with E-state index in [0.29, 0.717) is 84.1 Å². The average Bonchev–Trinajstić information content (AvgIpc) is 0.793. The third-order valence-corrected chi connectivity index (χ3v) is 16.6. The zero-order chi connectivity index (χ0) is 68.8. The molecular formula is C75H86F6N6O7. The molecular weight excluding hydrogens is 1210 g/mol. The number of ether oxygens (including phenoxy) is 3. The molecule has 8 aromatic rings. The van der Waals surface area contributed by atoms with Crippen LogP contribution >= 0.6 is 0 Å². The molecule has 0 spiro atoms. The van der Waals surface area contributed by atoms with Crippen LogP contribution in [-0.4, -0.2) is 61.9 Å². The van der Waals surface area contributed by atoms with Gasteiger partial charge in [-0.2, -0.15) is 26.3 Å². The Balaban J connectivity index is 0.000000266. The van der Waals surface area contributed by atoms with E-state index in [1.807, 2.05) is 23.6 Å². The number of halogens is 6. The molecule has 0 aliphatic heterocycles. The zero-order valence-corrected chi connectivity index (χ0v) is 56.0. The summed E-state index contributed by atoms with van der Waals surface area (Å²) >= 11 is 0. The van der Waals surface area contributed by atoms with E-state index in [0.717, 1.165) is 91.1 Å². The Morgan fingerprint density at radius 1 is 0.489 bits per heavy atom. The number of rotatable bonds is 27. The zero-order valence-electron chi connectivity index (χ0n) is 56.0. The highest BCUT2D eigenvalue weighted by Crippen LogP contribution is 2.41. The first kappa shape index (κ1) is 72.4. The van der Waals surface area contributed by atoms with E-state index in [9.17, 15) is 35.9 Å². The van der Waals surface area contributed by atoms with E-state index < -0.39 is 35.4 Å². The van der Waals surface area contributed by atoms with Gasteiger partial charge in [-0.3, -0.25) is 9.59 Å². The number of alkyl halides is 6. The first-order valence-corrected chi connectivity index (χ1v) is 31.7. The van der Waals surface area contributed by atoms with Crippen molar-refractivity contribution in [3.63, 3.8) is 0 Å². The number of anilines is 2. The third-order valence-electron chi connectivity index (χ3n) is 16.6. The van der Waals surface area contributed by atoms with Gasteiger partial charge in [-0.15, -0.1) is 0 Å². The second kappa shape index (κ2) is 32.2. The van der Waals surface area contributed by atoms with Gasteiger partial charge in [-0.1, -0.05) is 93.4 Å². The molecule has 0 aliphatic rings. The lowest BCUT2D eigenvalue weighted by atomic mass is 9.88. The standard InChI is InChI=1S/C38H44F3N3O4.C37H42F3N3O3/c1-8-47-35-16-27(7)32(23(2)3)18-34(35)33-15-26(6)25(5)14-29(33)22-44(21-28-12-24(4)13-30(17-28)38(39,40)41)37-42-19-31(20-43-37)48-11-9-10-36(45)46;1-7-24(3)29-11-10-25(4)33(18-29)34-16-27(6)26(5)15-30(34)22-43(21-28-13-23(2)14-31(17-28)37(38,39)40)36-41-19-32(20-42-36)46-12-8-9-35(44)45/h12-20,23H,8-11,21-22H2,1-7H3,(H,45,46);10-11,13-20,24H,7-9,12,21-22H2,1-6H3,(H,44,45). The van der Waals surface area contributed by atoms with Crippen molar-refractivity contribution in [1.29, 1.82) is 0 Å². The van der Waals surface area contributed by atoms with Crippen molar-refractivity contribution >= 4 is 23.8 Å². The highest BCUT2D eigenvalue weighted by molar-refractivity contribution is 5.77. The van der Waals surface area contributed by atoms with Crippen molar-refractivity contribution in [2.75, 3.05) is 29.6 Å². The number of hydrogen-bond acceptors (Lipinski definition) is 11. The van der Waals surface area contributed by atoms with E-state index >= 15 is 0 Å². The molecule has 1 unspecified atom stereocenters. The van der Waals surface area contributed by atoms with Crippen molar-refractivity contribution in [3.8, 4) is 39.5 Å². The Labute approximate surface area is 548 Å². The molecule has 2 aromatic heterocycles. The highest BCUT2D eigenvalue weighted by atomic mass is 19.4. The van der Waals surface area contributed by atoms with E-state index in [-0.39, 0.29) is 45.1 Å². The number of hydrogen-bond donors (Lipinski definition) is 2. The largest absolute Gasteiger partial charge is 0.493 e. The Morgan fingerprint density at radius 2 is 0.926 bits per heavy atom. The van der Waals surface area contributed by atoms with Crippen LogP contribution in [-0.2, 0) is 48.1 Å². The maximum absolute atomic E-state index is 13.8. The predicted octanol–water partition coefficient (Wildman–Crippen LogP) is 18.7. The molecule has 19 heteroatoms. The first-order valence-electron chi connectivity index (χ1n) is 31.7. The van der Waals surface area contributed by atoms with E-state index in [4.69, 9.17) is 24.4 Å². The second-order valence-corrected chi connectivity index (χ2v) is 24.6. The summed E-state index contributed by atoms with van der Waals surface area (Å²) in [6.07, 6.45) is -1.30. The van der Waals surface area contributed by atoms with Gasteiger partial charge in [0.2, 0.25) is 11.9 Å². The summed E-state index contributed by atoms with van der Waals surface area (Å²) in [7, 11) is 0. The lowest BCUT2D eigenvalue weighted by molar-refractivity contribution is -0.138. The summed E-state index contributed by atoms with van der Waals surface area (Å²) in [6.45, 7) is 28.1. The quantitative estimate of drug-likeness (QED) is 0.0370. The molecule has 94 heavy (non-hydrogen) atoms. The van der Waals surface area contributed by atoms with Gasteiger partial charge >= 0.3 is 24.3 Å². The Hall–Kier alpha value is -9.00. The summed E-state index contributed by atoms with van der Waals surface area (Å²) < 4.78 is 100. The molecule has 0 fully saturated rings. The van der Waals surface area contributed by atoms with Gasteiger partial charge in [0.25, 0.3) is 0 Å². The molecule has 2 N–H and O–H groups in total. The maximum Gasteiger partial charge on any atom is 0.416 e. The highest BCUT2D eigenvalue weighted by Gasteiger charge is 2.33. The van der Waals surface area contributed by atoms with Gasteiger partial charge in [0.15, 0.2) is 11.5 Å². The van der Waals surface area contributed by atoms with Crippen LogP contribution in [0.1, 0.15) is 168 Å². The van der Waals surface area contributed by atoms with Crippen LogP contribution in [0.15, 0.2) is 116 Å². The van der Waals surface area contributed by atoms with Crippen LogP contribution in [0.5, 0.6) is 17.2 Å². The molecule has 1 atom stereocenters. The van der Waals surface area contributed by atoms with Gasteiger partial charge in [0, 0.05) is 44.6 Å². The van der Waals surface area contributed by atoms with Gasteiger partial charge in [0.05, 0.1) is 55.7 Å². The minimum absolute atomic E-state index is 0.0127. The number of aromatic nitrogens is 4. The number of carbonyl (C=O) groups is 2. The summed E-state index contributed by atoms with van der Waals surface area (Å²) in [5.74, 6) is 1.04. The Kier molecular flexibility index (Phi) is 24.8. The average molecular weight is 1300 g/mol. The third kappa shape index (κ3) is 20.0. The number of carboxylic acids is 2. The molecule has 0 bridgehead atoms. The summed E-state index contributed by atoms with van der Waals surface area (Å²) in [6, 6.07) is 27.6. The lowest BCUT2D eigenvalue weighted by Gasteiger charge is -2.26. The summed E-state index contributed by atoms with van der Waals surface area (Å²) in [5, 5.41) is 17.8. The van der Waals surface area contributed by atoms with Gasteiger partial charge in [-0.05, 0) is 213 Å². The molecule has 0 radical (unpaired) electrons. The fourth-order valence-electron chi connectivity index (χ4n) is 11.2. The fraction of sp³-hybridized carbons (Fsp3) is 0.387. The summed E-state index contributed by atoms with van der Waals surface area (Å²) in [4.78, 5) is 43.6.